The predicted octanol–water partition coefficient (Wildman–Crippen LogP) is 3.43. The molecule has 174 valence electrons. The number of ether oxygens (including phenoxy) is 1. The van der Waals surface area contributed by atoms with Crippen LogP contribution < -0.4 is 0 Å². The van der Waals surface area contributed by atoms with Gasteiger partial charge in [0.25, 0.3) is 0 Å². The predicted molar refractivity (Wildman–Crippen MR) is 115 cm³/mol. The second kappa shape index (κ2) is 11.2. The summed E-state index contributed by atoms with van der Waals surface area (Å²) >= 11 is 3.37. The van der Waals surface area contributed by atoms with Gasteiger partial charge in [0.1, 0.15) is 12.0 Å². The van der Waals surface area contributed by atoms with Crippen molar-refractivity contribution < 1.29 is 27.1 Å². The Kier molecular flexibility index (Phi) is 8.66. The lowest BCUT2D eigenvalue weighted by Crippen LogP contribution is -2.43. The molecule has 1 aromatic carbocycles. The number of esters is 1. The monoisotopic (exact) mass is 486 g/mol. The summed E-state index contributed by atoms with van der Waals surface area (Å²) in [5.41, 5.74) is 1.32. The molecule has 32 heavy (non-hydrogen) atoms. The van der Waals surface area contributed by atoms with Gasteiger partial charge >= 0.3 is 5.97 Å². The average molecular weight is 487 g/mol. The molecule has 0 radical (unpaired) electrons. The highest BCUT2D eigenvalue weighted by Gasteiger charge is 2.28. The fourth-order valence-electron chi connectivity index (χ4n) is 3.64. The van der Waals surface area contributed by atoms with Gasteiger partial charge in [-0.1, -0.05) is 17.7 Å². The molecular formula is C21H23ClF2N3O4S-. The number of piperidine rings is 1. The number of methoxy groups -OCH3 is 1. The number of likely N-dealkylation sites (tertiary alicyclic amines) is 1. The number of rotatable bonds is 8. The lowest BCUT2D eigenvalue weighted by Gasteiger charge is -2.39. The number of benzene rings is 1. The topological polar surface area (TPSA) is 85.8 Å². The van der Waals surface area contributed by atoms with Crippen LogP contribution in [0.4, 0.5) is 8.78 Å². The lowest BCUT2D eigenvalue weighted by atomic mass is 10.0. The summed E-state index contributed by atoms with van der Waals surface area (Å²) in [4.78, 5) is 17.7. The molecule has 2 atom stereocenters. The van der Waals surface area contributed by atoms with Crippen LogP contribution in [0, 0.1) is 5.82 Å². The van der Waals surface area contributed by atoms with E-state index < -0.39 is 35.3 Å². The molecule has 0 amide bonds. The summed E-state index contributed by atoms with van der Waals surface area (Å²) in [6.45, 7) is 0.872. The SMILES string of the molecule is COC(=O)c1ccc(CN(CC(c2ccc(F)c(Cl)c2)N2CCC(F)CC2)S(=O)[O-])nc1. The van der Waals surface area contributed by atoms with Gasteiger partial charge < -0.3 is 9.29 Å². The molecular weight excluding hydrogens is 464 g/mol. The molecule has 11 heteroatoms. The number of alkyl halides is 1. The highest BCUT2D eigenvalue weighted by atomic mass is 35.5. The van der Waals surface area contributed by atoms with Crippen LogP contribution in [0.3, 0.4) is 0 Å². The molecule has 7 nitrogen and oxygen atoms in total. The molecule has 0 aliphatic carbocycles. The van der Waals surface area contributed by atoms with Gasteiger partial charge in [0.05, 0.1) is 29.9 Å². The largest absolute Gasteiger partial charge is 0.760 e. The second-order valence-corrected chi connectivity index (χ2v) is 8.83. The van der Waals surface area contributed by atoms with Crippen molar-refractivity contribution in [2.24, 2.45) is 0 Å². The molecule has 1 aliphatic heterocycles. The van der Waals surface area contributed by atoms with Gasteiger partial charge in [0.2, 0.25) is 0 Å². The Morgan fingerprint density at radius 3 is 2.66 bits per heavy atom. The molecule has 0 spiro atoms. The van der Waals surface area contributed by atoms with Crippen LogP contribution in [-0.4, -0.2) is 61.8 Å². The fourth-order valence-corrected chi connectivity index (χ4v) is 4.33. The molecule has 1 aliphatic rings. The second-order valence-electron chi connectivity index (χ2n) is 7.47. The number of pyridine rings is 1. The molecule has 1 aromatic heterocycles. The van der Waals surface area contributed by atoms with Crippen LogP contribution in [0.25, 0.3) is 0 Å². The van der Waals surface area contributed by atoms with E-state index in [4.69, 9.17) is 11.6 Å². The van der Waals surface area contributed by atoms with Crippen molar-refractivity contribution in [1.82, 2.24) is 14.2 Å². The molecule has 3 rings (SSSR count). The van der Waals surface area contributed by atoms with E-state index in [1.807, 2.05) is 4.90 Å². The van der Waals surface area contributed by atoms with Gasteiger partial charge in [-0.25, -0.2) is 17.9 Å². The highest BCUT2D eigenvalue weighted by molar-refractivity contribution is 7.76. The Morgan fingerprint density at radius 1 is 1.38 bits per heavy atom. The van der Waals surface area contributed by atoms with Crippen LogP contribution in [-0.2, 0) is 22.5 Å². The van der Waals surface area contributed by atoms with Crippen molar-refractivity contribution in [3.63, 3.8) is 0 Å². The van der Waals surface area contributed by atoms with Gasteiger partial charge in [-0.05, 0) is 42.7 Å². The first-order valence-corrected chi connectivity index (χ1v) is 11.4. The summed E-state index contributed by atoms with van der Waals surface area (Å²) in [7, 11) is 1.26. The third-order valence-electron chi connectivity index (χ3n) is 5.40. The number of aromatic nitrogens is 1. The molecule has 1 saturated heterocycles. The van der Waals surface area contributed by atoms with Crippen LogP contribution in [0.5, 0.6) is 0 Å². The van der Waals surface area contributed by atoms with E-state index in [0.29, 0.717) is 37.2 Å². The summed E-state index contributed by atoms with van der Waals surface area (Å²) in [6.07, 6.45) is 1.09. The Hall–Kier alpha value is -1.98. The van der Waals surface area contributed by atoms with Crippen molar-refractivity contribution in [3.8, 4) is 0 Å². The summed E-state index contributed by atoms with van der Waals surface area (Å²) in [5, 5.41) is -0.0669. The smallest absolute Gasteiger partial charge is 0.339 e. The van der Waals surface area contributed by atoms with Crippen LogP contribution in [0.1, 0.15) is 40.5 Å². The number of halogens is 3. The third-order valence-corrected chi connectivity index (χ3v) is 6.39. The van der Waals surface area contributed by atoms with Gasteiger partial charge in [0, 0.05) is 43.1 Å². The number of hydrogen-bond donors (Lipinski definition) is 0. The van der Waals surface area contributed by atoms with Gasteiger partial charge in [0.15, 0.2) is 0 Å². The number of carbonyl (C=O) groups excluding carboxylic acids is 1. The van der Waals surface area contributed by atoms with E-state index >= 15 is 0 Å². The van der Waals surface area contributed by atoms with Gasteiger partial charge in [-0.2, -0.15) is 0 Å². The maximum atomic E-state index is 13.7. The zero-order chi connectivity index (χ0) is 23.3. The molecule has 2 aromatic rings. The molecule has 0 bridgehead atoms. The van der Waals surface area contributed by atoms with E-state index in [-0.39, 0.29) is 23.7 Å². The Balaban J connectivity index is 1.83. The summed E-state index contributed by atoms with van der Waals surface area (Å²) in [5.74, 6) is -1.12. The normalized spacial score (nSPS) is 17.3. The minimum Gasteiger partial charge on any atom is -0.760 e. The summed E-state index contributed by atoms with van der Waals surface area (Å²) < 4.78 is 57.2. The quantitative estimate of drug-likeness (QED) is 0.420. The standard InChI is InChI=1S/C21H24ClF2N3O4S/c1-31-21(28)15-2-4-17(25-11-15)12-27(32(29)30)13-20(26-8-6-16(23)7-9-26)14-3-5-19(24)18(22)10-14/h2-5,10-11,16,20H,6-9,12-13H2,1H3,(H,29,30)/p-1. The summed E-state index contributed by atoms with van der Waals surface area (Å²) in [6, 6.07) is 6.86. The van der Waals surface area contributed by atoms with Gasteiger partial charge in [-0.3, -0.25) is 14.1 Å². The van der Waals surface area contributed by atoms with E-state index in [9.17, 15) is 22.3 Å². The van der Waals surface area contributed by atoms with Crippen molar-refractivity contribution in [2.45, 2.75) is 31.6 Å². The van der Waals surface area contributed by atoms with Crippen molar-refractivity contribution in [2.75, 3.05) is 26.7 Å². The molecule has 2 heterocycles. The zero-order valence-corrected chi connectivity index (χ0v) is 19.0. The number of nitrogens with zero attached hydrogens (tertiary/aromatic N) is 3. The molecule has 0 saturated carbocycles. The first-order chi connectivity index (χ1) is 15.3. The van der Waals surface area contributed by atoms with Crippen molar-refractivity contribution in [3.05, 3.63) is 64.2 Å². The highest BCUT2D eigenvalue weighted by Crippen LogP contribution is 2.30. The maximum Gasteiger partial charge on any atom is 0.339 e. The maximum absolute atomic E-state index is 13.7. The molecule has 1 fully saturated rings. The van der Waals surface area contributed by atoms with E-state index in [2.05, 4.69) is 9.72 Å². The fraction of sp³-hybridized carbons (Fsp3) is 0.429. The minimum atomic E-state index is -2.59. The zero-order valence-electron chi connectivity index (χ0n) is 17.4. The lowest BCUT2D eigenvalue weighted by molar-refractivity contribution is 0.0600. The third kappa shape index (κ3) is 6.29. The Bertz CT molecular complexity index is 959. The van der Waals surface area contributed by atoms with Crippen molar-refractivity contribution in [1.29, 1.82) is 0 Å². The molecule has 2 unspecified atom stereocenters. The van der Waals surface area contributed by atoms with Crippen molar-refractivity contribution >= 4 is 28.8 Å². The minimum absolute atomic E-state index is 0.0372. The number of carbonyl (C=O) groups is 1. The van der Waals surface area contributed by atoms with E-state index in [1.54, 1.807) is 12.1 Å². The van der Waals surface area contributed by atoms with Crippen LogP contribution >= 0.6 is 11.6 Å². The number of hydrogen-bond acceptors (Lipinski definition) is 6. The first kappa shape index (κ1) is 24.7. The van der Waals surface area contributed by atoms with Crippen LogP contribution in [0.2, 0.25) is 5.02 Å². The molecule has 0 N–H and O–H groups in total. The Morgan fingerprint density at radius 2 is 2.09 bits per heavy atom. The average Bonchev–Trinajstić information content (AvgIpc) is 2.79. The first-order valence-electron chi connectivity index (χ1n) is 9.99. The van der Waals surface area contributed by atoms with E-state index in [1.165, 1.54) is 35.8 Å². The van der Waals surface area contributed by atoms with Gasteiger partial charge in [-0.15, -0.1) is 0 Å². The van der Waals surface area contributed by atoms with E-state index in [0.717, 1.165) is 0 Å². The van der Waals surface area contributed by atoms with Crippen LogP contribution in [0.15, 0.2) is 36.5 Å². The Labute approximate surface area is 192 Å².